The first-order valence-electron chi connectivity index (χ1n) is 10.9. The normalized spacial score (nSPS) is 11.7. The lowest BCUT2D eigenvalue weighted by molar-refractivity contribution is 0.569. The highest BCUT2D eigenvalue weighted by Crippen LogP contribution is 2.26. The molecule has 0 aliphatic carbocycles. The topological polar surface area (TPSA) is 65.6 Å². The molecule has 0 amide bonds. The quantitative estimate of drug-likeness (QED) is 0.375. The Balaban J connectivity index is 1.82. The molecule has 0 aliphatic rings. The van der Waals surface area contributed by atoms with Crippen molar-refractivity contribution in [2.75, 3.05) is 0 Å². The fourth-order valence-corrected chi connectivity index (χ4v) is 4.20. The molecule has 0 saturated heterocycles. The Morgan fingerprint density at radius 2 is 1.52 bits per heavy atom. The Hall–Kier alpha value is -3.54. The molecule has 6 nitrogen and oxygen atoms in total. The number of hydrogen-bond donors (Lipinski definition) is 0. The van der Waals surface area contributed by atoms with Crippen molar-refractivity contribution < 1.29 is 0 Å². The van der Waals surface area contributed by atoms with Gasteiger partial charge in [-0.25, -0.2) is 15.0 Å². The van der Waals surface area contributed by atoms with Gasteiger partial charge in [0.25, 0.3) is 5.56 Å². The standard InChI is InChI=1S/C25H25N5O/c1-3-4-10-15-29-17(2)26-23-21(25(29)31)22-24(28-20-14-9-8-13-19(20)27-22)30(23)16-18-11-6-5-7-12-18/h5-9,11-14H,3-4,10,15-16H2,1-2H3. The molecular weight excluding hydrogens is 386 g/mol. The van der Waals surface area contributed by atoms with E-state index in [1.165, 1.54) is 0 Å². The SMILES string of the molecule is CCCCCn1c(C)nc2c(c1=O)c1nc3ccccc3nc1n2Cc1ccccc1. The predicted octanol–water partition coefficient (Wildman–Crippen LogP) is 4.84. The van der Waals surface area contributed by atoms with Crippen molar-refractivity contribution >= 4 is 33.2 Å². The fourth-order valence-electron chi connectivity index (χ4n) is 4.20. The van der Waals surface area contributed by atoms with E-state index in [2.05, 4.69) is 19.1 Å². The molecule has 0 radical (unpaired) electrons. The average Bonchev–Trinajstić information content (AvgIpc) is 3.07. The van der Waals surface area contributed by atoms with E-state index in [9.17, 15) is 4.79 Å². The third kappa shape index (κ3) is 3.38. The van der Waals surface area contributed by atoms with Gasteiger partial charge in [0, 0.05) is 6.54 Å². The number of fused-ring (bicyclic) bond motifs is 4. The molecule has 5 aromatic rings. The molecule has 6 heteroatoms. The summed E-state index contributed by atoms with van der Waals surface area (Å²) in [6.45, 7) is 5.33. The third-order valence-corrected chi connectivity index (χ3v) is 5.81. The van der Waals surface area contributed by atoms with Crippen LogP contribution >= 0.6 is 0 Å². The predicted molar refractivity (Wildman–Crippen MR) is 124 cm³/mol. The highest BCUT2D eigenvalue weighted by atomic mass is 16.1. The van der Waals surface area contributed by atoms with Crippen LogP contribution in [0.4, 0.5) is 0 Å². The summed E-state index contributed by atoms with van der Waals surface area (Å²) in [5.41, 5.74) is 4.68. The molecule has 0 saturated carbocycles. The van der Waals surface area contributed by atoms with Gasteiger partial charge in [0.05, 0.1) is 17.6 Å². The highest BCUT2D eigenvalue weighted by molar-refractivity contribution is 6.04. The second-order valence-corrected chi connectivity index (χ2v) is 7.98. The van der Waals surface area contributed by atoms with E-state index < -0.39 is 0 Å². The molecule has 5 rings (SSSR count). The molecule has 0 aliphatic heterocycles. The van der Waals surface area contributed by atoms with Gasteiger partial charge in [0.2, 0.25) is 0 Å². The van der Waals surface area contributed by atoms with E-state index in [1.54, 1.807) is 4.57 Å². The Kier molecular flexibility index (Phi) is 4.98. The van der Waals surface area contributed by atoms with Gasteiger partial charge in [-0.15, -0.1) is 0 Å². The molecule has 3 heterocycles. The second kappa shape index (κ2) is 7.95. The van der Waals surface area contributed by atoms with Gasteiger partial charge in [-0.05, 0) is 31.0 Å². The smallest absolute Gasteiger partial charge is 0.265 e. The lowest BCUT2D eigenvalue weighted by atomic mass is 10.2. The second-order valence-electron chi connectivity index (χ2n) is 7.98. The van der Waals surface area contributed by atoms with Gasteiger partial charge in [0.1, 0.15) is 16.7 Å². The molecule has 156 valence electrons. The minimum absolute atomic E-state index is 0.0278. The molecule has 3 aromatic heterocycles. The Morgan fingerprint density at radius 3 is 2.26 bits per heavy atom. The van der Waals surface area contributed by atoms with Crippen LogP contribution in [0, 0.1) is 6.92 Å². The number of nitrogens with zero attached hydrogens (tertiary/aromatic N) is 5. The average molecular weight is 412 g/mol. The lowest BCUT2D eigenvalue weighted by Crippen LogP contribution is -2.24. The molecule has 0 atom stereocenters. The minimum atomic E-state index is -0.0278. The Morgan fingerprint density at radius 1 is 0.806 bits per heavy atom. The fraction of sp³-hybridized carbons (Fsp3) is 0.280. The van der Waals surface area contributed by atoms with Crippen molar-refractivity contribution in [1.82, 2.24) is 24.1 Å². The van der Waals surface area contributed by atoms with Gasteiger partial charge in [-0.1, -0.05) is 62.2 Å². The largest absolute Gasteiger partial charge is 0.304 e. The number of rotatable bonds is 6. The van der Waals surface area contributed by atoms with Crippen LogP contribution in [-0.2, 0) is 13.1 Å². The molecule has 0 unspecified atom stereocenters. The molecule has 2 aromatic carbocycles. The van der Waals surface area contributed by atoms with Crippen molar-refractivity contribution in [2.45, 2.75) is 46.2 Å². The molecular formula is C25H25N5O. The van der Waals surface area contributed by atoms with Crippen LogP contribution in [-0.4, -0.2) is 24.1 Å². The van der Waals surface area contributed by atoms with Crippen LogP contribution in [0.15, 0.2) is 59.4 Å². The first kappa shape index (κ1) is 19.4. The van der Waals surface area contributed by atoms with Gasteiger partial charge < -0.3 is 4.57 Å². The first-order valence-corrected chi connectivity index (χ1v) is 10.9. The van der Waals surface area contributed by atoms with E-state index in [0.29, 0.717) is 35.3 Å². The summed E-state index contributed by atoms with van der Waals surface area (Å²) in [6, 6.07) is 18.0. The maximum atomic E-state index is 13.6. The highest BCUT2D eigenvalue weighted by Gasteiger charge is 2.21. The monoisotopic (exact) mass is 411 g/mol. The number of unbranched alkanes of at least 4 members (excludes halogenated alkanes) is 2. The van der Waals surface area contributed by atoms with Crippen LogP contribution < -0.4 is 5.56 Å². The molecule has 31 heavy (non-hydrogen) atoms. The third-order valence-electron chi connectivity index (χ3n) is 5.81. The number of aromatic nitrogens is 5. The Labute approximate surface area is 180 Å². The van der Waals surface area contributed by atoms with Crippen molar-refractivity contribution in [3.05, 3.63) is 76.3 Å². The minimum Gasteiger partial charge on any atom is -0.304 e. The summed E-state index contributed by atoms with van der Waals surface area (Å²) in [7, 11) is 0. The molecule has 0 fully saturated rings. The van der Waals surface area contributed by atoms with E-state index in [-0.39, 0.29) is 5.56 Å². The maximum Gasteiger partial charge on any atom is 0.265 e. The van der Waals surface area contributed by atoms with Gasteiger partial charge >= 0.3 is 0 Å². The van der Waals surface area contributed by atoms with Crippen LogP contribution in [0.3, 0.4) is 0 Å². The van der Waals surface area contributed by atoms with E-state index in [1.807, 2.05) is 54.0 Å². The zero-order valence-electron chi connectivity index (χ0n) is 17.9. The van der Waals surface area contributed by atoms with Gasteiger partial charge in [0.15, 0.2) is 11.3 Å². The van der Waals surface area contributed by atoms with Crippen molar-refractivity contribution in [1.29, 1.82) is 0 Å². The number of para-hydroxylation sites is 2. The van der Waals surface area contributed by atoms with Gasteiger partial charge in [-0.3, -0.25) is 9.36 Å². The van der Waals surface area contributed by atoms with E-state index >= 15 is 0 Å². The van der Waals surface area contributed by atoms with Crippen LogP contribution in [0.5, 0.6) is 0 Å². The zero-order chi connectivity index (χ0) is 21.4. The molecule has 0 N–H and O–H groups in total. The van der Waals surface area contributed by atoms with Crippen molar-refractivity contribution in [3.8, 4) is 0 Å². The van der Waals surface area contributed by atoms with Crippen molar-refractivity contribution in [2.24, 2.45) is 0 Å². The molecule has 0 spiro atoms. The summed E-state index contributed by atoms with van der Waals surface area (Å²) in [6.07, 6.45) is 3.16. The van der Waals surface area contributed by atoms with Gasteiger partial charge in [-0.2, -0.15) is 0 Å². The van der Waals surface area contributed by atoms with Crippen LogP contribution in [0.25, 0.3) is 33.2 Å². The van der Waals surface area contributed by atoms with E-state index in [4.69, 9.17) is 15.0 Å². The molecule has 0 bridgehead atoms. The summed E-state index contributed by atoms with van der Waals surface area (Å²) >= 11 is 0. The summed E-state index contributed by atoms with van der Waals surface area (Å²) in [5, 5.41) is 0.561. The maximum absolute atomic E-state index is 13.6. The Bertz CT molecular complexity index is 1450. The summed E-state index contributed by atoms with van der Waals surface area (Å²) in [4.78, 5) is 28.2. The number of hydrogen-bond acceptors (Lipinski definition) is 4. The first-order chi connectivity index (χ1) is 15.2. The number of benzene rings is 2. The van der Waals surface area contributed by atoms with Crippen LogP contribution in [0.2, 0.25) is 0 Å². The summed E-state index contributed by atoms with van der Waals surface area (Å²) in [5.74, 6) is 0.732. The van der Waals surface area contributed by atoms with E-state index in [0.717, 1.165) is 41.7 Å². The zero-order valence-corrected chi connectivity index (χ0v) is 17.9. The number of aryl methyl sites for hydroxylation is 1. The van der Waals surface area contributed by atoms with Crippen molar-refractivity contribution in [3.63, 3.8) is 0 Å². The summed E-state index contributed by atoms with van der Waals surface area (Å²) < 4.78 is 3.82. The lowest BCUT2D eigenvalue weighted by Gasteiger charge is -2.10. The van der Waals surface area contributed by atoms with Crippen LogP contribution in [0.1, 0.15) is 37.6 Å².